The van der Waals surface area contributed by atoms with Crippen LogP contribution in [0, 0.1) is 23.3 Å². The van der Waals surface area contributed by atoms with Gasteiger partial charge in [0.2, 0.25) is 0 Å². The third-order valence-corrected chi connectivity index (χ3v) is 5.57. The second kappa shape index (κ2) is 6.84. The molecule has 0 saturated heterocycles. The molecule has 0 radical (unpaired) electrons. The Bertz CT molecular complexity index is 825. The first kappa shape index (κ1) is 17.4. The highest BCUT2D eigenvalue weighted by Gasteiger charge is 2.30. The lowest BCUT2D eigenvalue weighted by Gasteiger charge is -2.13. The Morgan fingerprint density at radius 3 is 1.20 bits per heavy atom. The maximum atomic E-state index is 14.3. The van der Waals surface area contributed by atoms with Crippen LogP contribution in [0.15, 0.2) is 54.6 Å². The number of hydrogen-bond acceptors (Lipinski definition) is 0. The maximum absolute atomic E-state index is 14.3. The normalized spacial score (nSPS) is 10.8. The molecule has 0 aliphatic heterocycles. The molecule has 5 heteroatoms. The summed E-state index contributed by atoms with van der Waals surface area (Å²) in [7, 11) is -1.30. The van der Waals surface area contributed by atoms with Crippen molar-refractivity contribution in [3.05, 3.63) is 77.9 Å². The Morgan fingerprint density at radius 1 is 0.560 bits per heavy atom. The predicted octanol–water partition coefficient (Wildman–Crippen LogP) is 5.54. The van der Waals surface area contributed by atoms with E-state index >= 15 is 0 Å². The van der Waals surface area contributed by atoms with Gasteiger partial charge in [-0.15, -0.1) is 0 Å². The Balaban J connectivity index is 2.38. The molecule has 0 atom stereocenters. The van der Waals surface area contributed by atoms with E-state index in [0.29, 0.717) is 16.3 Å². The van der Waals surface area contributed by atoms with Crippen LogP contribution in [-0.2, 0) is 0 Å². The fraction of sp³-hybridized carbons (Fsp3) is 0.100. The van der Waals surface area contributed by atoms with E-state index in [1.165, 1.54) is 36.4 Å². The van der Waals surface area contributed by atoms with Gasteiger partial charge < -0.3 is 0 Å². The second-order valence-electron chi connectivity index (χ2n) is 5.92. The molecule has 25 heavy (non-hydrogen) atoms. The number of rotatable bonds is 3. The van der Waals surface area contributed by atoms with Crippen molar-refractivity contribution in [1.82, 2.24) is 0 Å². The summed E-state index contributed by atoms with van der Waals surface area (Å²) in [6.07, 6.45) is 0. The molecule has 0 bridgehead atoms. The first-order valence-electron chi connectivity index (χ1n) is 7.74. The topological polar surface area (TPSA) is 0 Å². The standard InChI is InChI=1S/C20H15F4Si/c1-25(2)20-12(18-14(21)8-4-9-15(18)22)6-3-7-13(20)19-16(23)10-5-11-17(19)24/h3-11H,1-2H3/q+1. The molecule has 0 amide bonds. The molecule has 126 valence electrons. The van der Waals surface area contributed by atoms with Crippen molar-refractivity contribution >= 4 is 14.0 Å². The Morgan fingerprint density at radius 2 is 0.880 bits per heavy atom. The molecule has 3 aromatic carbocycles. The van der Waals surface area contributed by atoms with Gasteiger partial charge in [-0.2, -0.15) is 0 Å². The minimum absolute atomic E-state index is 0.165. The van der Waals surface area contributed by atoms with E-state index in [9.17, 15) is 17.6 Å². The van der Waals surface area contributed by atoms with Gasteiger partial charge in [0, 0.05) is 11.1 Å². The van der Waals surface area contributed by atoms with Crippen LogP contribution in [-0.4, -0.2) is 8.80 Å². The quantitative estimate of drug-likeness (QED) is 0.426. The average Bonchev–Trinajstić information content (AvgIpc) is 2.54. The van der Waals surface area contributed by atoms with Crippen molar-refractivity contribution in [2.45, 2.75) is 13.1 Å². The number of hydrogen-bond donors (Lipinski definition) is 0. The van der Waals surface area contributed by atoms with Crippen LogP contribution in [0.4, 0.5) is 17.6 Å². The van der Waals surface area contributed by atoms with Gasteiger partial charge in [-0.3, -0.25) is 0 Å². The van der Waals surface area contributed by atoms with Gasteiger partial charge in [-0.1, -0.05) is 30.3 Å². The van der Waals surface area contributed by atoms with E-state index in [-0.39, 0.29) is 11.1 Å². The summed E-state index contributed by atoms with van der Waals surface area (Å²) in [5.74, 6) is -2.79. The van der Waals surface area contributed by atoms with Crippen LogP contribution in [0.2, 0.25) is 13.1 Å². The van der Waals surface area contributed by atoms with Crippen molar-refractivity contribution in [2.75, 3.05) is 0 Å². The Kier molecular flexibility index (Phi) is 4.77. The highest BCUT2D eigenvalue weighted by Crippen LogP contribution is 2.31. The molecule has 0 fully saturated rings. The van der Waals surface area contributed by atoms with Gasteiger partial charge in [0.1, 0.15) is 28.5 Å². The molecule has 0 aromatic heterocycles. The largest absolute Gasteiger partial charge is 0.347 e. The highest BCUT2D eigenvalue weighted by atomic mass is 28.3. The van der Waals surface area contributed by atoms with E-state index in [1.54, 1.807) is 18.2 Å². The van der Waals surface area contributed by atoms with E-state index in [1.807, 2.05) is 13.1 Å². The van der Waals surface area contributed by atoms with Gasteiger partial charge in [0.15, 0.2) is 0 Å². The molecule has 0 heterocycles. The van der Waals surface area contributed by atoms with Crippen LogP contribution in [0.3, 0.4) is 0 Å². The SMILES string of the molecule is C[Si+](C)c1c(-c2c(F)cccc2F)cccc1-c1c(F)cccc1F. The van der Waals surface area contributed by atoms with E-state index < -0.39 is 32.1 Å². The summed E-state index contributed by atoms with van der Waals surface area (Å²) >= 11 is 0. The average molecular weight is 359 g/mol. The highest BCUT2D eigenvalue weighted by molar-refractivity contribution is 6.73. The van der Waals surface area contributed by atoms with Gasteiger partial charge >= 0.3 is 8.80 Å². The molecular formula is C20H15F4Si+. The van der Waals surface area contributed by atoms with Crippen LogP contribution in [0.25, 0.3) is 22.3 Å². The summed E-state index contributed by atoms with van der Waals surface area (Å²) in [6.45, 7) is 3.84. The molecule has 3 aromatic rings. The van der Waals surface area contributed by atoms with Crippen molar-refractivity contribution in [3.63, 3.8) is 0 Å². The van der Waals surface area contributed by atoms with Crippen molar-refractivity contribution in [2.24, 2.45) is 0 Å². The van der Waals surface area contributed by atoms with Crippen LogP contribution < -0.4 is 5.19 Å². The van der Waals surface area contributed by atoms with Gasteiger partial charge in [0.05, 0.1) is 24.2 Å². The molecular weight excluding hydrogens is 344 g/mol. The summed E-state index contributed by atoms with van der Waals surface area (Å²) in [4.78, 5) is 0. The summed E-state index contributed by atoms with van der Waals surface area (Å²) in [5.41, 5.74) is 0.355. The Hall–Kier alpha value is -2.40. The zero-order valence-corrected chi connectivity index (χ0v) is 14.7. The third-order valence-electron chi connectivity index (χ3n) is 4.03. The summed E-state index contributed by atoms with van der Waals surface area (Å²) < 4.78 is 57.2. The lowest BCUT2D eigenvalue weighted by Crippen LogP contribution is -2.28. The van der Waals surface area contributed by atoms with Crippen LogP contribution in [0.5, 0.6) is 0 Å². The predicted molar refractivity (Wildman–Crippen MR) is 94.3 cm³/mol. The fourth-order valence-electron chi connectivity index (χ4n) is 3.02. The molecule has 3 rings (SSSR count). The smallest absolute Gasteiger partial charge is 0.206 e. The minimum Gasteiger partial charge on any atom is -0.206 e. The second-order valence-corrected chi connectivity index (χ2v) is 8.42. The molecule has 0 N–H and O–H groups in total. The first-order valence-corrected chi connectivity index (χ1v) is 10.2. The Labute approximate surface area is 145 Å². The maximum Gasteiger partial charge on any atom is 0.347 e. The molecule has 0 aliphatic rings. The molecule has 0 aliphatic carbocycles. The monoisotopic (exact) mass is 359 g/mol. The molecule has 0 spiro atoms. The number of halogens is 4. The van der Waals surface area contributed by atoms with Crippen molar-refractivity contribution in [3.8, 4) is 22.3 Å². The van der Waals surface area contributed by atoms with Crippen molar-refractivity contribution in [1.29, 1.82) is 0 Å². The van der Waals surface area contributed by atoms with Gasteiger partial charge in [-0.25, -0.2) is 17.6 Å². The van der Waals surface area contributed by atoms with E-state index in [0.717, 1.165) is 0 Å². The molecule has 0 unspecified atom stereocenters. The van der Waals surface area contributed by atoms with E-state index in [2.05, 4.69) is 0 Å². The third kappa shape index (κ3) is 3.12. The fourth-order valence-corrected chi connectivity index (χ4v) is 4.51. The van der Waals surface area contributed by atoms with Gasteiger partial charge in [0.25, 0.3) is 0 Å². The van der Waals surface area contributed by atoms with Crippen LogP contribution >= 0.6 is 0 Å². The zero-order valence-electron chi connectivity index (χ0n) is 13.7. The summed E-state index contributed by atoms with van der Waals surface area (Å²) in [5, 5.41) is 0.598. The van der Waals surface area contributed by atoms with E-state index in [4.69, 9.17) is 0 Å². The van der Waals surface area contributed by atoms with Gasteiger partial charge in [-0.05, 0) is 24.3 Å². The minimum atomic E-state index is -1.30. The zero-order chi connectivity index (χ0) is 18.1. The number of benzene rings is 3. The lowest BCUT2D eigenvalue weighted by atomic mass is 9.97. The van der Waals surface area contributed by atoms with Crippen LogP contribution in [0.1, 0.15) is 0 Å². The van der Waals surface area contributed by atoms with Crippen molar-refractivity contribution < 1.29 is 17.6 Å². The first-order chi connectivity index (χ1) is 11.9. The summed E-state index contributed by atoms with van der Waals surface area (Å²) in [6, 6.07) is 12.0. The lowest BCUT2D eigenvalue weighted by molar-refractivity contribution is 0.590. The molecule has 0 saturated carbocycles. The molecule has 0 nitrogen and oxygen atoms in total.